The number of furan rings is 1. The van der Waals surface area contributed by atoms with Gasteiger partial charge >= 0.3 is 0 Å². The van der Waals surface area contributed by atoms with Gasteiger partial charge in [-0.2, -0.15) is 0 Å². The Morgan fingerprint density at radius 1 is 0.542 bits per heavy atom. The van der Waals surface area contributed by atoms with Gasteiger partial charge in [0.15, 0.2) is 0 Å². The number of aryl methyl sites for hydroxylation is 1. The average molecular weight is 617 g/mol. The second-order valence-electron chi connectivity index (χ2n) is 12.8. The van der Waals surface area contributed by atoms with Crippen LogP contribution in [0.25, 0.3) is 89.3 Å². The van der Waals surface area contributed by atoms with E-state index in [1.54, 1.807) is 0 Å². The zero-order valence-electron chi connectivity index (χ0n) is 26.0. The quantitative estimate of drug-likeness (QED) is 0.198. The van der Waals surface area contributed by atoms with Gasteiger partial charge in [-0.15, -0.1) is 0 Å². The second kappa shape index (κ2) is 9.60. The highest BCUT2D eigenvalue weighted by molar-refractivity contribution is 6.07. The van der Waals surface area contributed by atoms with Crippen LogP contribution in [-0.2, 0) is 6.42 Å². The van der Waals surface area contributed by atoms with Crippen molar-refractivity contribution in [3.05, 3.63) is 151 Å². The summed E-state index contributed by atoms with van der Waals surface area (Å²) in [7, 11) is 0. The van der Waals surface area contributed by atoms with E-state index in [2.05, 4.69) is 153 Å². The van der Waals surface area contributed by atoms with Crippen LogP contribution in [-0.4, -0.2) is 18.5 Å². The molecule has 1 aliphatic rings. The molecule has 0 radical (unpaired) electrons. The minimum absolute atomic E-state index is 0.892. The van der Waals surface area contributed by atoms with Crippen molar-refractivity contribution in [2.75, 3.05) is 0 Å². The lowest BCUT2D eigenvalue weighted by atomic mass is 10.0. The Balaban J connectivity index is 1.08. The van der Waals surface area contributed by atoms with Crippen LogP contribution in [0, 0.1) is 0 Å². The molecular formula is C43H28N4O. The van der Waals surface area contributed by atoms with Crippen LogP contribution in [0.5, 0.6) is 0 Å². The Bertz CT molecular complexity index is 2960. The van der Waals surface area contributed by atoms with Crippen LogP contribution >= 0.6 is 0 Å². The Hall–Kier alpha value is -6.33. The summed E-state index contributed by atoms with van der Waals surface area (Å²) in [4.78, 5) is 5.08. The molecule has 5 nitrogen and oxygen atoms in total. The molecule has 0 bridgehead atoms. The van der Waals surface area contributed by atoms with E-state index in [0.29, 0.717) is 0 Å². The van der Waals surface area contributed by atoms with Crippen LogP contribution in [0.4, 0.5) is 0 Å². The Morgan fingerprint density at radius 3 is 2.19 bits per heavy atom. The van der Waals surface area contributed by atoms with E-state index < -0.39 is 0 Å². The summed E-state index contributed by atoms with van der Waals surface area (Å²) >= 11 is 0. The molecule has 4 aromatic heterocycles. The third-order valence-corrected chi connectivity index (χ3v) is 10.1. The summed E-state index contributed by atoms with van der Waals surface area (Å²) in [5.41, 5.74) is 14.6. The highest BCUT2D eigenvalue weighted by Crippen LogP contribution is 2.38. The lowest BCUT2D eigenvalue weighted by Gasteiger charge is -2.12. The van der Waals surface area contributed by atoms with Crippen molar-refractivity contribution in [1.29, 1.82) is 0 Å². The molecule has 10 aromatic rings. The van der Waals surface area contributed by atoms with Crippen molar-refractivity contribution in [3.8, 4) is 22.5 Å². The number of hydrogen-bond acceptors (Lipinski definition) is 2. The summed E-state index contributed by atoms with van der Waals surface area (Å²) in [6, 6.07) is 47.6. The van der Waals surface area contributed by atoms with E-state index >= 15 is 0 Å². The highest BCUT2D eigenvalue weighted by atomic mass is 16.3. The number of nitrogens with zero attached hydrogens (tertiary/aromatic N) is 4. The van der Waals surface area contributed by atoms with E-state index in [0.717, 1.165) is 85.1 Å². The van der Waals surface area contributed by atoms with Gasteiger partial charge in [-0.05, 0) is 108 Å². The largest absolute Gasteiger partial charge is 0.456 e. The molecule has 1 aliphatic carbocycles. The van der Waals surface area contributed by atoms with Gasteiger partial charge in [0.05, 0.1) is 27.6 Å². The lowest BCUT2D eigenvalue weighted by Crippen LogP contribution is -2.00. The smallest absolute Gasteiger partial charge is 0.220 e. The predicted molar refractivity (Wildman–Crippen MR) is 196 cm³/mol. The number of rotatable bonds is 3. The van der Waals surface area contributed by atoms with Gasteiger partial charge in [-0.1, -0.05) is 66.7 Å². The third-order valence-electron chi connectivity index (χ3n) is 10.1. The average Bonchev–Trinajstić information content (AvgIpc) is 3.88. The van der Waals surface area contributed by atoms with Crippen molar-refractivity contribution in [2.24, 2.45) is 0 Å². The first kappa shape index (κ1) is 25.8. The number of hydrogen-bond donors (Lipinski definition) is 0. The molecular weight excluding hydrogens is 589 g/mol. The number of fused-ring (bicyclic) bond motifs is 11. The Morgan fingerprint density at radius 2 is 1.27 bits per heavy atom. The highest BCUT2D eigenvalue weighted by Gasteiger charge is 2.20. The minimum Gasteiger partial charge on any atom is -0.456 e. The van der Waals surface area contributed by atoms with Crippen molar-refractivity contribution in [3.63, 3.8) is 0 Å². The number of para-hydroxylation sites is 5. The maximum atomic E-state index is 6.39. The number of imidazole rings is 2. The zero-order chi connectivity index (χ0) is 31.3. The summed E-state index contributed by atoms with van der Waals surface area (Å²) in [6.07, 6.45) is 6.73. The predicted octanol–water partition coefficient (Wildman–Crippen LogP) is 10.9. The summed E-state index contributed by atoms with van der Waals surface area (Å²) < 4.78 is 13.3. The van der Waals surface area contributed by atoms with E-state index in [1.807, 2.05) is 6.07 Å². The molecule has 5 heteroatoms. The third kappa shape index (κ3) is 3.53. The van der Waals surface area contributed by atoms with Crippen molar-refractivity contribution >= 4 is 66.8 Å². The minimum atomic E-state index is 0.892. The first-order valence-corrected chi connectivity index (χ1v) is 16.5. The van der Waals surface area contributed by atoms with Crippen molar-refractivity contribution < 1.29 is 4.42 Å². The maximum absolute atomic E-state index is 6.39. The summed E-state index contributed by atoms with van der Waals surface area (Å²) in [5, 5.41) is 3.57. The first-order chi connectivity index (χ1) is 23.8. The fourth-order valence-electron chi connectivity index (χ4n) is 7.98. The van der Waals surface area contributed by atoms with Gasteiger partial charge < -0.3 is 8.98 Å². The molecule has 0 saturated carbocycles. The maximum Gasteiger partial charge on any atom is 0.220 e. The molecule has 226 valence electrons. The lowest BCUT2D eigenvalue weighted by molar-refractivity contribution is 0.669. The van der Waals surface area contributed by atoms with Gasteiger partial charge in [0.2, 0.25) is 5.78 Å². The molecule has 0 amide bonds. The molecule has 0 atom stereocenters. The van der Waals surface area contributed by atoms with Crippen LogP contribution < -0.4 is 0 Å². The Labute approximate surface area is 275 Å². The molecule has 0 fully saturated rings. The SMILES string of the molecule is C1=Cc2c(c3ccccc3n2-c2ccc3oc4ccc(-c5cccc(-n6c7ccccc7n7c8ccccc8nc67)c5)cc4c3c2)CC1. The molecule has 0 spiro atoms. The molecule has 0 saturated heterocycles. The molecule has 48 heavy (non-hydrogen) atoms. The zero-order valence-corrected chi connectivity index (χ0v) is 26.0. The molecule has 0 aliphatic heterocycles. The monoisotopic (exact) mass is 616 g/mol. The second-order valence-corrected chi connectivity index (χ2v) is 12.8. The van der Waals surface area contributed by atoms with Crippen LogP contribution in [0.1, 0.15) is 17.7 Å². The number of benzene rings is 6. The van der Waals surface area contributed by atoms with Gasteiger partial charge in [0, 0.05) is 33.2 Å². The van der Waals surface area contributed by atoms with Gasteiger partial charge in [-0.3, -0.25) is 8.97 Å². The molecule has 11 rings (SSSR count). The molecule has 0 unspecified atom stereocenters. The van der Waals surface area contributed by atoms with Crippen molar-refractivity contribution in [1.82, 2.24) is 18.5 Å². The van der Waals surface area contributed by atoms with E-state index in [-0.39, 0.29) is 0 Å². The van der Waals surface area contributed by atoms with Gasteiger partial charge in [0.25, 0.3) is 0 Å². The van der Waals surface area contributed by atoms with Gasteiger partial charge in [-0.25, -0.2) is 4.98 Å². The molecule has 0 N–H and O–H groups in total. The topological polar surface area (TPSA) is 40.3 Å². The van der Waals surface area contributed by atoms with Crippen LogP contribution in [0.15, 0.2) is 144 Å². The standard InChI is InChI=1S/C43H28N4O/c1-4-15-36-31(12-1)32-13-2-5-16-37(32)45(36)30-21-23-42-34(26-30)33-25-28(20-22-41(33)48-42)27-10-9-11-29(24-27)46-39-18-7-8-19-40(39)47-38-17-6-3-14-35(38)44-43(46)47/h1,3-12,14-26H,2,13H2. The molecule has 4 heterocycles. The van der Waals surface area contributed by atoms with Crippen molar-refractivity contribution in [2.45, 2.75) is 12.8 Å². The number of aromatic nitrogens is 4. The van der Waals surface area contributed by atoms with Crippen LogP contribution in [0.2, 0.25) is 0 Å². The fourth-order valence-corrected chi connectivity index (χ4v) is 7.98. The van der Waals surface area contributed by atoms with Gasteiger partial charge in [0.1, 0.15) is 11.2 Å². The number of allylic oxidation sites excluding steroid dienone is 1. The van der Waals surface area contributed by atoms with Crippen LogP contribution in [0.3, 0.4) is 0 Å². The fraction of sp³-hybridized carbons (Fsp3) is 0.0465. The normalized spacial score (nSPS) is 13.2. The van der Waals surface area contributed by atoms with E-state index in [4.69, 9.17) is 9.40 Å². The molecule has 6 aromatic carbocycles. The van der Waals surface area contributed by atoms with E-state index in [9.17, 15) is 0 Å². The summed E-state index contributed by atoms with van der Waals surface area (Å²) in [6.45, 7) is 0. The van der Waals surface area contributed by atoms with E-state index in [1.165, 1.54) is 22.2 Å². The summed E-state index contributed by atoms with van der Waals surface area (Å²) in [5.74, 6) is 0.910. The Kier molecular flexibility index (Phi) is 5.16. The first-order valence-electron chi connectivity index (χ1n) is 16.5.